The molecule has 1 aromatic heterocycles. The van der Waals surface area contributed by atoms with Gasteiger partial charge in [-0.25, -0.2) is 5.10 Å². The second-order valence-electron chi connectivity index (χ2n) is 4.73. The molecular formula is C12H18N4O2. The molecule has 0 spiro atoms. The lowest BCUT2D eigenvalue weighted by atomic mass is 10.1. The summed E-state index contributed by atoms with van der Waals surface area (Å²) in [6, 6.07) is 0. The molecule has 0 atom stereocenters. The zero-order valence-electron chi connectivity index (χ0n) is 11.0. The molecular weight excluding hydrogens is 232 g/mol. The van der Waals surface area contributed by atoms with Crippen LogP contribution in [0.3, 0.4) is 0 Å². The summed E-state index contributed by atoms with van der Waals surface area (Å²) in [5.41, 5.74) is 1.18. The fourth-order valence-electron chi connectivity index (χ4n) is 2.05. The lowest BCUT2D eigenvalue weighted by molar-refractivity contribution is 0.0661. The third kappa shape index (κ3) is 2.28. The van der Waals surface area contributed by atoms with Gasteiger partial charge in [-0.05, 0) is 26.5 Å². The number of aryl methyl sites for hydroxylation is 1. The van der Waals surface area contributed by atoms with Crippen molar-refractivity contribution in [1.82, 2.24) is 20.0 Å². The Hall–Kier alpha value is -1.69. The van der Waals surface area contributed by atoms with E-state index in [4.69, 9.17) is 0 Å². The molecule has 0 radical (unpaired) electrons. The van der Waals surface area contributed by atoms with Crippen LogP contribution in [0.5, 0.6) is 0 Å². The number of aromatic amines is 1. The number of nitrogens with one attached hydrogen (secondary N) is 1. The van der Waals surface area contributed by atoms with Crippen LogP contribution in [0.4, 0.5) is 0 Å². The first-order valence-electron chi connectivity index (χ1n) is 6.04. The molecule has 0 saturated carbocycles. The van der Waals surface area contributed by atoms with Gasteiger partial charge in [0.1, 0.15) is 5.56 Å². The zero-order chi connectivity index (χ0) is 13.3. The molecule has 98 valence electrons. The van der Waals surface area contributed by atoms with Crippen molar-refractivity contribution in [3.8, 4) is 0 Å². The largest absolute Gasteiger partial charge is 0.336 e. The molecule has 6 nitrogen and oxygen atoms in total. The number of piperazine rings is 1. The Kier molecular flexibility index (Phi) is 3.47. The van der Waals surface area contributed by atoms with Crippen LogP contribution in [0.15, 0.2) is 4.79 Å². The van der Waals surface area contributed by atoms with Crippen molar-refractivity contribution >= 4 is 5.91 Å². The molecule has 2 heterocycles. The normalized spacial score (nSPS) is 16.9. The molecule has 0 unspecified atom stereocenters. The van der Waals surface area contributed by atoms with Gasteiger partial charge >= 0.3 is 0 Å². The van der Waals surface area contributed by atoms with E-state index in [0.717, 1.165) is 13.1 Å². The van der Waals surface area contributed by atoms with Crippen LogP contribution in [0, 0.1) is 13.8 Å². The third-order valence-electron chi connectivity index (χ3n) is 3.47. The van der Waals surface area contributed by atoms with Crippen LogP contribution in [-0.2, 0) is 0 Å². The molecule has 1 N–H and O–H groups in total. The lowest BCUT2D eigenvalue weighted by Gasteiger charge is -2.32. The van der Waals surface area contributed by atoms with E-state index >= 15 is 0 Å². The van der Waals surface area contributed by atoms with Gasteiger partial charge in [-0.15, -0.1) is 0 Å². The lowest BCUT2D eigenvalue weighted by Crippen LogP contribution is -2.48. The smallest absolute Gasteiger partial charge is 0.277 e. The first kappa shape index (κ1) is 12.8. The van der Waals surface area contributed by atoms with Gasteiger partial charge in [0.2, 0.25) is 0 Å². The molecule has 2 rings (SSSR count). The Balaban J connectivity index is 2.29. The van der Waals surface area contributed by atoms with E-state index in [1.807, 2.05) is 7.05 Å². The fourth-order valence-corrected chi connectivity index (χ4v) is 2.05. The maximum Gasteiger partial charge on any atom is 0.277 e. The fraction of sp³-hybridized carbons (Fsp3) is 0.583. The first-order chi connectivity index (χ1) is 8.50. The number of carbonyl (C=O) groups is 1. The van der Waals surface area contributed by atoms with Gasteiger partial charge in [0.25, 0.3) is 11.5 Å². The van der Waals surface area contributed by atoms with Crippen molar-refractivity contribution in [3.63, 3.8) is 0 Å². The van der Waals surface area contributed by atoms with E-state index in [0.29, 0.717) is 24.3 Å². The van der Waals surface area contributed by atoms with Crippen LogP contribution in [-0.4, -0.2) is 59.1 Å². The van der Waals surface area contributed by atoms with Crippen molar-refractivity contribution in [1.29, 1.82) is 0 Å². The first-order valence-corrected chi connectivity index (χ1v) is 6.04. The Morgan fingerprint density at radius 2 is 1.83 bits per heavy atom. The number of hydrogen-bond donors (Lipinski definition) is 1. The molecule has 1 aliphatic heterocycles. The van der Waals surface area contributed by atoms with Gasteiger partial charge < -0.3 is 9.80 Å². The highest BCUT2D eigenvalue weighted by atomic mass is 16.2. The number of nitrogens with zero attached hydrogens (tertiary/aromatic N) is 3. The molecule has 1 saturated heterocycles. The quantitative estimate of drug-likeness (QED) is 0.748. The summed E-state index contributed by atoms with van der Waals surface area (Å²) in [5, 5.41) is 6.24. The number of H-pyrrole nitrogens is 1. The number of rotatable bonds is 1. The summed E-state index contributed by atoms with van der Waals surface area (Å²) in [7, 11) is 2.02. The van der Waals surface area contributed by atoms with E-state index in [1.165, 1.54) is 0 Å². The predicted molar refractivity (Wildman–Crippen MR) is 67.7 cm³/mol. The molecule has 1 aromatic rings. The van der Waals surface area contributed by atoms with Gasteiger partial charge in [0.05, 0.1) is 5.69 Å². The average molecular weight is 250 g/mol. The summed E-state index contributed by atoms with van der Waals surface area (Å²) in [6.07, 6.45) is 0. The molecule has 0 aliphatic carbocycles. The van der Waals surface area contributed by atoms with Crippen molar-refractivity contribution in [2.45, 2.75) is 13.8 Å². The summed E-state index contributed by atoms with van der Waals surface area (Å²) in [6.45, 7) is 6.55. The van der Waals surface area contributed by atoms with Crippen molar-refractivity contribution < 1.29 is 4.79 Å². The van der Waals surface area contributed by atoms with Gasteiger partial charge in [-0.3, -0.25) is 9.59 Å². The second kappa shape index (κ2) is 4.89. The van der Waals surface area contributed by atoms with Crippen molar-refractivity contribution in [3.05, 3.63) is 27.2 Å². The summed E-state index contributed by atoms with van der Waals surface area (Å²) >= 11 is 0. The molecule has 6 heteroatoms. The molecule has 1 amide bonds. The highest BCUT2D eigenvalue weighted by Crippen LogP contribution is 2.10. The Morgan fingerprint density at radius 1 is 1.22 bits per heavy atom. The van der Waals surface area contributed by atoms with Crippen molar-refractivity contribution in [2.24, 2.45) is 0 Å². The molecule has 1 fully saturated rings. The molecule has 0 aromatic carbocycles. The van der Waals surface area contributed by atoms with Gasteiger partial charge in [0, 0.05) is 26.2 Å². The summed E-state index contributed by atoms with van der Waals surface area (Å²) in [5.74, 6) is -0.188. The van der Waals surface area contributed by atoms with Crippen LogP contribution in [0.25, 0.3) is 0 Å². The Morgan fingerprint density at radius 3 is 2.44 bits per heavy atom. The molecule has 18 heavy (non-hydrogen) atoms. The van der Waals surface area contributed by atoms with Crippen LogP contribution in [0.2, 0.25) is 0 Å². The maximum absolute atomic E-state index is 12.4. The number of carbonyl (C=O) groups excluding carboxylic acids is 1. The Labute approximate surface area is 106 Å². The van der Waals surface area contributed by atoms with E-state index in [2.05, 4.69) is 15.1 Å². The summed E-state index contributed by atoms with van der Waals surface area (Å²) in [4.78, 5) is 28.0. The highest BCUT2D eigenvalue weighted by Gasteiger charge is 2.24. The average Bonchev–Trinajstić information content (AvgIpc) is 2.35. The maximum atomic E-state index is 12.4. The zero-order valence-corrected chi connectivity index (χ0v) is 11.0. The van der Waals surface area contributed by atoms with Crippen LogP contribution >= 0.6 is 0 Å². The highest BCUT2D eigenvalue weighted by molar-refractivity contribution is 5.95. The van der Waals surface area contributed by atoms with Crippen LogP contribution in [0.1, 0.15) is 21.6 Å². The number of amides is 1. The van der Waals surface area contributed by atoms with Gasteiger partial charge in [-0.1, -0.05) is 0 Å². The molecule has 0 bridgehead atoms. The minimum atomic E-state index is -0.401. The third-order valence-corrected chi connectivity index (χ3v) is 3.47. The molecule has 1 aliphatic rings. The SMILES string of the molecule is Cc1n[nH]c(=O)c(C(=O)N2CCN(C)CC2)c1C. The number of hydrogen-bond acceptors (Lipinski definition) is 4. The van der Waals surface area contributed by atoms with Crippen molar-refractivity contribution in [2.75, 3.05) is 33.2 Å². The van der Waals surface area contributed by atoms with E-state index < -0.39 is 5.56 Å². The van der Waals surface area contributed by atoms with Gasteiger partial charge in [-0.2, -0.15) is 5.10 Å². The van der Waals surface area contributed by atoms with Gasteiger partial charge in [0.15, 0.2) is 0 Å². The standard InChI is InChI=1S/C12H18N4O2/c1-8-9(2)13-14-11(17)10(8)12(18)16-6-4-15(3)5-7-16/h4-7H2,1-3H3,(H,14,17). The minimum Gasteiger partial charge on any atom is -0.336 e. The van der Waals surface area contributed by atoms with E-state index in [1.54, 1.807) is 18.7 Å². The minimum absolute atomic E-state index is 0.188. The summed E-state index contributed by atoms with van der Waals surface area (Å²) < 4.78 is 0. The number of aromatic nitrogens is 2. The van der Waals surface area contributed by atoms with Crippen LogP contribution < -0.4 is 5.56 Å². The monoisotopic (exact) mass is 250 g/mol. The predicted octanol–water partition coefficient (Wildman–Crippen LogP) is -0.226. The topological polar surface area (TPSA) is 69.3 Å². The van der Waals surface area contributed by atoms with E-state index in [9.17, 15) is 9.59 Å². The Bertz CT molecular complexity index is 515. The second-order valence-corrected chi connectivity index (χ2v) is 4.73. The van der Waals surface area contributed by atoms with E-state index in [-0.39, 0.29) is 11.5 Å². The number of likely N-dealkylation sites (N-methyl/N-ethyl adjacent to an activating group) is 1.